The van der Waals surface area contributed by atoms with Crippen molar-refractivity contribution in [2.24, 2.45) is 7.05 Å². The number of imidazole rings is 1. The Balaban J connectivity index is 2.82. The molecule has 0 bridgehead atoms. The lowest BCUT2D eigenvalue weighted by Gasteiger charge is -2.08. The quantitative estimate of drug-likeness (QED) is 0.840. The van der Waals surface area contributed by atoms with Gasteiger partial charge in [0, 0.05) is 20.4 Å². The fourth-order valence-corrected chi connectivity index (χ4v) is 2.19. The van der Waals surface area contributed by atoms with E-state index in [0.717, 1.165) is 4.40 Å². The number of hydrogen-bond acceptors (Lipinski definition) is 3. The Hall–Kier alpha value is -1.35. The number of nitrogens with zero attached hydrogens (tertiary/aromatic N) is 3. The van der Waals surface area contributed by atoms with Crippen molar-refractivity contribution in [1.82, 2.24) is 14.0 Å². The first-order chi connectivity index (χ1) is 8.77. The molecule has 0 aliphatic heterocycles. The number of alkyl halides is 3. The zero-order valence-corrected chi connectivity index (χ0v) is 11.5. The average Bonchev–Trinajstić information content (AvgIpc) is 2.61. The third-order valence-corrected chi connectivity index (χ3v) is 3.33. The number of hydrogen-bond donors (Lipinski definition) is 0. The van der Waals surface area contributed by atoms with Crippen LogP contribution >= 0.6 is 15.9 Å². The molecule has 0 N–H and O–H groups in total. The first-order valence-electron chi connectivity index (χ1n) is 5.10. The van der Waals surface area contributed by atoms with Crippen molar-refractivity contribution >= 4 is 21.7 Å². The number of rotatable bonds is 2. The molecule has 0 aromatic carbocycles. The predicted molar refractivity (Wildman–Crippen MR) is 63.8 cm³/mol. The largest absolute Gasteiger partial charge is 0.434 e. The summed E-state index contributed by atoms with van der Waals surface area (Å²) in [6.07, 6.45) is -3.29. The highest BCUT2D eigenvalue weighted by atomic mass is 79.9. The standard InChI is InChI=1S/C10H9BrF3N3O2/c1-16-5(4-19-2)3-17-8(18)6(11)7(10(12,13)14)15-9(16)17/h3H,4H2,1-2H3. The van der Waals surface area contributed by atoms with E-state index in [9.17, 15) is 18.0 Å². The lowest BCUT2D eigenvalue weighted by atomic mass is 10.4. The van der Waals surface area contributed by atoms with Crippen molar-refractivity contribution in [3.8, 4) is 0 Å². The van der Waals surface area contributed by atoms with Gasteiger partial charge in [0.1, 0.15) is 4.47 Å². The van der Waals surface area contributed by atoms with Gasteiger partial charge >= 0.3 is 6.18 Å². The minimum absolute atomic E-state index is 0.0902. The van der Waals surface area contributed by atoms with Gasteiger partial charge in [-0.1, -0.05) is 0 Å². The molecule has 0 saturated carbocycles. The van der Waals surface area contributed by atoms with Gasteiger partial charge < -0.3 is 9.30 Å². The van der Waals surface area contributed by atoms with E-state index in [-0.39, 0.29) is 12.4 Å². The molecule has 0 spiro atoms. The number of ether oxygens (including phenoxy) is 1. The Kier molecular flexibility index (Phi) is 3.43. The zero-order valence-electron chi connectivity index (χ0n) is 9.95. The molecule has 2 aromatic rings. The first kappa shape index (κ1) is 14.1. The Morgan fingerprint density at radius 1 is 1.47 bits per heavy atom. The van der Waals surface area contributed by atoms with Gasteiger partial charge in [-0.05, 0) is 15.9 Å². The Morgan fingerprint density at radius 2 is 2.11 bits per heavy atom. The Labute approximate surface area is 113 Å². The summed E-state index contributed by atoms with van der Waals surface area (Å²) in [6.45, 7) is 0.165. The molecule has 2 rings (SSSR count). The van der Waals surface area contributed by atoms with Gasteiger partial charge in [-0.3, -0.25) is 9.20 Å². The smallest absolute Gasteiger partial charge is 0.378 e. The summed E-state index contributed by atoms with van der Waals surface area (Å²) in [4.78, 5) is 15.4. The maximum atomic E-state index is 12.8. The first-order valence-corrected chi connectivity index (χ1v) is 5.89. The summed E-state index contributed by atoms with van der Waals surface area (Å²) in [5, 5.41) is 0. The van der Waals surface area contributed by atoms with E-state index in [0.29, 0.717) is 5.69 Å². The van der Waals surface area contributed by atoms with Crippen molar-refractivity contribution in [2.45, 2.75) is 12.8 Å². The highest BCUT2D eigenvalue weighted by Crippen LogP contribution is 2.31. The summed E-state index contributed by atoms with van der Waals surface area (Å²) in [7, 11) is 2.97. The van der Waals surface area contributed by atoms with Crippen LogP contribution in [-0.2, 0) is 24.6 Å². The molecule has 0 aliphatic carbocycles. The van der Waals surface area contributed by atoms with Crippen molar-refractivity contribution in [1.29, 1.82) is 0 Å². The van der Waals surface area contributed by atoms with Crippen LogP contribution in [-0.4, -0.2) is 21.1 Å². The highest BCUT2D eigenvalue weighted by molar-refractivity contribution is 9.10. The van der Waals surface area contributed by atoms with E-state index >= 15 is 0 Å². The molecule has 9 heteroatoms. The molecule has 2 aromatic heterocycles. The molecule has 0 unspecified atom stereocenters. The number of halogens is 4. The van der Waals surface area contributed by atoms with Crippen molar-refractivity contribution in [3.63, 3.8) is 0 Å². The Morgan fingerprint density at radius 3 is 2.63 bits per heavy atom. The van der Waals surface area contributed by atoms with Gasteiger partial charge in [-0.15, -0.1) is 0 Å². The number of methoxy groups -OCH3 is 1. The molecule has 0 saturated heterocycles. The molecular weight excluding hydrogens is 331 g/mol. The lowest BCUT2D eigenvalue weighted by molar-refractivity contribution is -0.141. The minimum Gasteiger partial charge on any atom is -0.378 e. The third kappa shape index (κ3) is 2.27. The molecule has 104 valence electrons. The molecule has 0 aliphatic rings. The maximum Gasteiger partial charge on any atom is 0.434 e. The molecule has 2 heterocycles. The molecular formula is C10H9BrF3N3O2. The van der Waals surface area contributed by atoms with E-state index in [1.807, 2.05) is 0 Å². The van der Waals surface area contributed by atoms with Crippen LogP contribution in [0.5, 0.6) is 0 Å². The van der Waals surface area contributed by atoms with Crippen LogP contribution in [0.3, 0.4) is 0 Å². The number of fused-ring (bicyclic) bond motifs is 1. The lowest BCUT2D eigenvalue weighted by Crippen LogP contribution is -2.22. The molecule has 19 heavy (non-hydrogen) atoms. The second-order valence-corrected chi connectivity index (χ2v) is 4.65. The van der Waals surface area contributed by atoms with Crippen LogP contribution in [0.4, 0.5) is 13.2 Å². The summed E-state index contributed by atoms with van der Waals surface area (Å²) in [5.41, 5.74) is -1.50. The fourth-order valence-electron chi connectivity index (χ4n) is 1.69. The monoisotopic (exact) mass is 339 g/mol. The van der Waals surface area contributed by atoms with E-state index in [2.05, 4.69) is 20.9 Å². The van der Waals surface area contributed by atoms with Gasteiger partial charge in [0.25, 0.3) is 5.56 Å². The summed E-state index contributed by atoms with van der Waals surface area (Å²) in [6, 6.07) is 0. The second kappa shape index (κ2) is 4.64. The maximum absolute atomic E-state index is 12.8. The fraction of sp³-hybridized carbons (Fsp3) is 0.400. The van der Waals surface area contributed by atoms with Crippen LogP contribution < -0.4 is 5.56 Å². The molecule has 0 radical (unpaired) electrons. The van der Waals surface area contributed by atoms with Crippen LogP contribution in [0.2, 0.25) is 0 Å². The van der Waals surface area contributed by atoms with Crippen molar-refractivity contribution < 1.29 is 17.9 Å². The zero-order chi connectivity index (χ0) is 14.4. The normalized spacial score (nSPS) is 12.3. The Bertz CT molecular complexity index is 690. The molecule has 0 atom stereocenters. The van der Waals surface area contributed by atoms with Gasteiger partial charge in [0.2, 0.25) is 5.78 Å². The minimum atomic E-state index is -4.70. The van der Waals surface area contributed by atoms with Gasteiger partial charge in [-0.25, -0.2) is 4.98 Å². The molecule has 5 nitrogen and oxygen atoms in total. The second-order valence-electron chi connectivity index (χ2n) is 3.86. The van der Waals surface area contributed by atoms with Crippen LogP contribution in [0.1, 0.15) is 11.4 Å². The summed E-state index contributed by atoms with van der Waals surface area (Å²) in [5.74, 6) is -0.0902. The van der Waals surface area contributed by atoms with Crippen LogP contribution in [0.25, 0.3) is 5.78 Å². The molecule has 0 amide bonds. The van der Waals surface area contributed by atoms with E-state index < -0.39 is 21.9 Å². The summed E-state index contributed by atoms with van der Waals surface area (Å²) < 4.78 is 45.0. The summed E-state index contributed by atoms with van der Waals surface area (Å²) >= 11 is 2.65. The molecule has 0 fully saturated rings. The topological polar surface area (TPSA) is 48.5 Å². The van der Waals surface area contributed by atoms with E-state index in [1.54, 1.807) is 0 Å². The van der Waals surface area contributed by atoms with E-state index in [1.165, 1.54) is 24.9 Å². The number of aromatic nitrogens is 3. The third-order valence-electron chi connectivity index (χ3n) is 2.61. The number of aryl methyl sites for hydroxylation is 1. The average molecular weight is 340 g/mol. The van der Waals surface area contributed by atoms with Gasteiger partial charge in [0.15, 0.2) is 5.69 Å². The van der Waals surface area contributed by atoms with Crippen LogP contribution in [0.15, 0.2) is 15.5 Å². The van der Waals surface area contributed by atoms with E-state index in [4.69, 9.17) is 4.74 Å². The SMILES string of the molecule is COCc1cn2c(=O)c(Br)c(C(F)(F)F)nc2n1C. The predicted octanol–water partition coefficient (Wildman–Crippen LogP) is 1.96. The highest BCUT2D eigenvalue weighted by Gasteiger charge is 2.37. The van der Waals surface area contributed by atoms with Gasteiger partial charge in [-0.2, -0.15) is 13.2 Å². The van der Waals surface area contributed by atoms with Gasteiger partial charge in [0.05, 0.1) is 12.3 Å². The van der Waals surface area contributed by atoms with Crippen molar-refractivity contribution in [2.75, 3.05) is 7.11 Å². The van der Waals surface area contributed by atoms with Crippen molar-refractivity contribution in [3.05, 3.63) is 32.4 Å². The van der Waals surface area contributed by atoms with Crippen LogP contribution in [0, 0.1) is 0 Å².